The Labute approximate surface area is 321 Å². The Morgan fingerprint density at radius 2 is 0.528 bits per heavy atom. The largest absolute Gasteiger partial charge is 0.497 e. The van der Waals surface area contributed by atoms with Gasteiger partial charge in [0, 0.05) is 0 Å². The lowest BCUT2D eigenvalue weighted by Gasteiger charge is -2.53. The van der Waals surface area contributed by atoms with E-state index in [4.69, 9.17) is 18.9 Å². The summed E-state index contributed by atoms with van der Waals surface area (Å²) in [5.74, 6) is 3.40. The van der Waals surface area contributed by atoms with Crippen molar-refractivity contribution in [3.8, 4) is 23.0 Å². The number of hydrogen-bond donors (Lipinski definition) is 0. The van der Waals surface area contributed by atoms with Crippen LogP contribution in [0.25, 0.3) is 0 Å². The predicted octanol–water partition coefficient (Wildman–Crippen LogP) is 11.9. The highest BCUT2D eigenvalue weighted by Crippen LogP contribution is 2.74. The van der Waals surface area contributed by atoms with Crippen LogP contribution in [0.5, 0.6) is 23.0 Å². The molecule has 0 bridgehead atoms. The summed E-state index contributed by atoms with van der Waals surface area (Å²) in [6.45, 7) is 12.6. The topological polar surface area (TPSA) is 49.9 Å². The molecule has 4 aromatic rings. The zero-order valence-electron chi connectivity index (χ0n) is 33.6. The van der Waals surface area contributed by atoms with Gasteiger partial charge in [-0.05, 0) is 123 Å². The SMILES string of the molecule is CCCCN(c1ccc(OC)cc1)[P+](N(CCCC)c1ccc(OC)cc1)(N(CCCC)c1ccc(OC)cc1)N(CCCC)c1ccc(OC)cc1. The molecule has 0 heterocycles. The number of methoxy groups -OCH3 is 4. The Balaban J connectivity index is 2.27. The van der Waals surface area contributed by atoms with Crippen LogP contribution in [0.1, 0.15) is 79.1 Å². The number of rotatable bonds is 24. The van der Waals surface area contributed by atoms with Crippen molar-refractivity contribution in [1.82, 2.24) is 0 Å². The minimum atomic E-state index is -2.87. The lowest BCUT2D eigenvalue weighted by molar-refractivity contribution is 0.414. The molecular weight excluding hydrogens is 679 g/mol. The maximum atomic E-state index is 5.71. The molecule has 0 unspecified atom stereocenters. The van der Waals surface area contributed by atoms with E-state index in [-0.39, 0.29) is 0 Å². The van der Waals surface area contributed by atoms with Crippen LogP contribution in [-0.4, -0.2) is 54.6 Å². The lowest BCUT2D eigenvalue weighted by atomic mass is 10.2. The maximum absolute atomic E-state index is 5.71. The first-order chi connectivity index (χ1) is 25.9. The van der Waals surface area contributed by atoms with E-state index >= 15 is 0 Å². The molecule has 4 aromatic carbocycles. The molecule has 0 spiro atoms. The van der Waals surface area contributed by atoms with Crippen molar-refractivity contribution in [2.45, 2.75) is 79.1 Å². The van der Waals surface area contributed by atoms with Gasteiger partial charge in [0.2, 0.25) is 0 Å². The number of ether oxygens (including phenoxy) is 4. The fourth-order valence-corrected chi connectivity index (χ4v) is 11.7. The van der Waals surface area contributed by atoms with Crippen LogP contribution in [0.4, 0.5) is 22.7 Å². The summed E-state index contributed by atoms with van der Waals surface area (Å²) in [4.78, 5) is 0. The second-order valence-electron chi connectivity index (χ2n) is 13.2. The van der Waals surface area contributed by atoms with Crippen LogP contribution < -0.4 is 37.6 Å². The monoisotopic (exact) mass is 743 g/mol. The smallest absolute Gasteiger partial charge is 0.405 e. The van der Waals surface area contributed by atoms with Gasteiger partial charge in [-0.25, -0.2) is 0 Å². The molecule has 0 saturated carbocycles. The Kier molecular flexibility index (Phi) is 16.8. The number of unbranched alkanes of at least 4 members (excludes halogenated alkanes) is 4. The van der Waals surface area contributed by atoms with Gasteiger partial charge >= 0.3 is 7.87 Å². The number of hydrogen-bond acceptors (Lipinski definition) is 8. The quantitative estimate of drug-likeness (QED) is 0.0658. The third kappa shape index (κ3) is 10.0. The van der Waals surface area contributed by atoms with Gasteiger partial charge in [-0.1, -0.05) is 53.4 Å². The minimum Gasteiger partial charge on any atom is -0.497 e. The molecule has 0 atom stereocenters. The molecule has 0 N–H and O–H groups in total. The zero-order valence-corrected chi connectivity index (χ0v) is 34.5. The van der Waals surface area contributed by atoms with Crippen molar-refractivity contribution in [3.63, 3.8) is 0 Å². The number of nitrogens with zero attached hydrogens (tertiary/aromatic N) is 4. The standard InChI is InChI=1S/C44H64N4O4P/c1-9-13-33-45(37-17-25-41(49-5)26-18-37)53(46(34-14-10-2)38-19-27-42(50-6)28-20-38,47(35-15-11-3)39-21-29-43(51-7)30-22-39)48(36-16-12-4)40-23-31-44(52-8)32-24-40/h17-32H,9-16,33-36H2,1-8H3/q+1. The Morgan fingerprint density at radius 1 is 0.340 bits per heavy atom. The molecule has 8 nitrogen and oxygen atoms in total. The fourth-order valence-electron chi connectivity index (χ4n) is 6.70. The summed E-state index contributed by atoms with van der Waals surface area (Å²) >= 11 is 0. The van der Waals surface area contributed by atoms with Gasteiger partial charge in [0.15, 0.2) is 0 Å². The summed E-state index contributed by atoms with van der Waals surface area (Å²) < 4.78 is 34.0. The molecule has 0 saturated heterocycles. The average Bonchev–Trinajstić information content (AvgIpc) is 3.21. The summed E-state index contributed by atoms with van der Waals surface area (Å²) in [5.41, 5.74) is 4.69. The molecule has 53 heavy (non-hydrogen) atoms. The molecule has 288 valence electrons. The molecule has 0 aliphatic rings. The van der Waals surface area contributed by atoms with Crippen LogP contribution in [0.15, 0.2) is 97.1 Å². The van der Waals surface area contributed by atoms with Gasteiger partial charge in [-0.3, -0.25) is 0 Å². The minimum absolute atomic E-state index is 0.849. The lowest BCUT2D eigenvalue weighted by Crippen LogP contribution is -2.55. The third-order valence-corrected chi connectivity index (χ3v) is 14.0. The number of benzene rings is 4. The molecule has 0 fully saturated rings. The van der Waals surface area contributed by atoms with E-state index in [1.54, 1.807) is 28.4 Å². The maximum Gasteiger partial charge on any atom is 0.405 e. The van der Waals surface area contributed by atoms with Gasteiger partial charge in [-0.2, -0.15) is 18.7 Å². The zero-order chi connectivity index (χ0) is 38.1. The van der Waals surface area contributed by atoms with Crippen LogP contribution in [0, 0.1) is 0 Å². The first-order valence-corrected chi connectivity index (χ1v) is 21.1. The average molecular weight is 744 g/mol. The fraction of sp³-hybridized carbons (Fsp3) is 0.455. The van der Waals surface area contributed by atoms with E-state index in [9.17, 15) is 0 Å². The predicted molar refractivity (Wildman–Crippen MR) is 228 cm³/mol. The van der Waals surface area contributed by atoms with E-state index in [0.29, 0.717) is 0 Å². The van der Waals surface area contributed by atoms with E-state index in [2.05, 4.69) is 143 Å². The summed E-state index contributed by atoms with van der Waals surface area (Å²) in [6, 6.07) is 34.9. The molecule has 0 aliphatic carbocycles. The van der Waals surface area contributed by atoms with Crippen molar-refractivity contribution >= 4 is 30.6 Å². The second kappa shape index (κ2) is 21.4. The highest BCUT2D eigenvalue weighted by Gasteiger charge is 2.63. The van der Waals surface area contributed by atoms with Gasteiger partial charge in [0.05, 0.1) is 77.4 Å². The summed E-state index contributed by atoms with van der Waals surface area (Å²) in [5, 5.41) is 0. The Bertz CT molecular complexity index is 1340. The molecular formula is C44H64N4O4P+. The normalized spacial score (nSPS) is 11.2. The van der Waals surface area contributed by atoms with E-state index in [0.717, 1.165) is 101 Å². The van der Waals surface area contributed by atoms with Gasteiger partial charge < -0.3 is 18.9 Å². The molecule has 0 amide bonds. The highest BCUT2D eigenvalue weighted by molar-refractivity contribution is 7.81. The second-order valence-corrected chi connectivity index (χ2v) is 16.2. The molecule has 0 radical (unpaired) electrons. The Morgan fingerprint density at radius 3 is 0.679 bits per heavy atom. The van der Waals surface area contributed by atoms with Crippen molar-refractivity contribution in [1.29, 1.82) is 0 Å². The first kappa shape index (κ1) is 41.5. The van der Waals surface area contributed by atoms with Crippen molar-refractivity contribution in [2.24, 2.45) is 0 Å². The van der Waals surface area contributed by atoms with Gasteiger partial charge in [0.1, 0.15) is 23.0 Å². The van der Waals surface area contributed by atoms with Gasteiger partial charge in [-0.15, -0.1) is 0 Å². The van der Waals surface area contributed by atoms with Gasteiger partial charge in [0.25, 0.3) is 0 Å². The summed E-state index contributed by atoms with van der Waals surface area (Å²) in [6.07, 6.45) is 8.41. The van der Waals surface area contributed by atoms with Crippen molar-refractivity contribution < 1.29 is 18.9 Å². The first-order valence-electron chi connectivity index (χ1n) is 19.5. The molecule has 0 aliphatic heterocycles. The third-order valence-electron chi connectivity index (χ3n) is 9.67. The van der Waals surface area contributed by atoms with Crippen LogP contribution in [0.2, 0.25) is 0 Å². The Hall–Kier alpha value is -4.29. The highest BCUT2D eigenvalue weighted by atomic mass is 31.2. The molecule has 9 heteroatoms. The van der Waals surface area contributed by atoms with E-state index in [1.165, 1.54) is 22.7 Å². The van der Waals surface area contributed by atoms with Crippen molar-refractivity contribution in [3.05, 3.63) is 97.1 Å². The van der Waals surface area contributed by atoms with Crippen LogP contribution >= 0.6 is 7.87 Å². The van der Waals surface area contributed by atoms with E-state index in [1.807, 2.05) is 0 Å². The van der Waals surface area contributed by atoms with Crippen molar-refractivity contribution in [2.75, 3.05) is 73.3 Å². The van der Waals surface area contributed by atoms with E-state index < -0.39 is 7.87 Å². The number of anilines is 4. The van der Waals surface area contributed by atoms with Crippen LogP contribution in [0.3, 0.4) is 0 Å². The van der Waals surface area contributed by atoms with Crippen LogP contribution in [-0.2, 0) is 0 Å². The molecule has 0 aromatic heterocycles. The molecule has 4 rings (SSSR count). The summed E-state index contributed by atoms with van der Waals surface area (Å²) in [7, 11) is 4.09.